The van der Waals surface area contributed by atoms with Crippen LogP contribution in [-0.4, -0.2) is 29.0 Å². The number of hydrogen-bond acceptors (Lipinski definition) is 6. The van der Waals surface area contributed by atoms with Crippen LogP contribution in [0.4, 0.5) is 17.2 Å². The number of amides is 1. The van der Waals surface area contributed by atoms with Gasteiger partial charge in [0.25, 0.3) is 5.91 Å². The van der Waals surface area contributed by atoms with Gasteiger partial charge in [-0.05, 0) is 48.9 Å². The van der Waals surface area contributed by atoms with E-state index < -0.39 is 11.9 Å². The Balaban J connectivity index is 1.66. The Morgan fingerprint density at radius 1 is 1.04 bits per heavy atom. The second kappa shape index (κ2) is 8.49. The fourth-order valence-corrected chi connectivity index (χ4v) is 2.55. The number of anilines is 3. The average molecular weight is 397 g/mol. The Bertz CT molecular complexity index is 1000. The summed E-state index contributed by atoms with van der Waals surface area (Å²) in [5.74, 6) is -0.366. The van der Waals surface area contributed by atoms with Gasteiger partial charge >= 0.3 is 5.97 Å². The van der Waals surface area contributed by atoms with E-state index in [1.807, 2.05) is 13.0 Å². The van der Waals surface area contributed by atoms with Gasteiger partial charge in [-0.3, -0.25) is 4.79 Å². The first-order chi connectivity index (χ1) is 13.5. The number of aromatic nitrogens is 2. The maximum absolute atomic E-state index is 12.3. The molecule has 0 unspecified atom stereocenters. The molecule has 0 saturated carbocycles. The lowest BCUT2D eigenvalue weighted by molar-refractivity contribution is 0.0600. The molecule has 7 nitrogen and oxygen atoms in total. The van der Waals surface area contributed by atoms with E-state index in [1.54, 1.807) is 36.4 Å². The van der Waals surface area contributed by atoms with Crippen LogP contribution in [-0.2, 0) is 4.74 Å². The summed E-state index contributed by atoms with van der Waals surface area (Å²) in [6, 6.07) is 11.8. The molecule has 3 aromatic rings. The number of nitrogens with one attached hydrogen (secondary N) is 2. The first kappa shape index (κ1) is 19.3. The summed E-state index contributed by atoms with van der Waals surface area (Å²) in [6.45, 7) is 1.94. The summed E-state index contributed by atoms with van der Waals surface area (Å²) in [5.41, 5.74) is 2.89. The van der Waals surface area contributed by atoms with Crippen LogP contribution in [0.1, 0.15) is 26.4 Å². The van der Waals surface area contributed by atoms with Gasteiger partial charge in [-0.15, -0.1) is 0 Å². The molecule has 0 saturated heterocycles. The lowest BCUT2D eigenvalue weighted by Gasteiger charge is -2.09. The van der Waals surface area contributed by atoms with Crippen LogP contribution in [0.2, 0.25) is 5.02 Å². The summed E-state index contributed by atoms with van der Waals surface area (Å²) >= 11 is 6.01. The normalized spacial score (nSPS) is 10.2. The molecule has 142 valence electrons. The van der Waals surface area contributed by atoms with E-state index in [0.29, 0.717) is 22.1 Å². The third-order valence-corrected chi connectivity index (χ3v) is 4.15. The van der Waals surface area contributed by atoms with E-state index >= 15 is 0 Å². The van der Waals surface area contributed by atoms with E-state index in [2.05, 4.69) is 25.3 Å². The predicted octanol–water partition coefficient (Wildman–Crippen LogP) is 4.22. The van der Waals surface area contributed by atoms with Crippen LogP contribution < -0.4 is 10.6 Å². The Morgan fingerprint density at radius 3 is 2.43 bits per heavy atom. The van der Waals surface area contributed by atoms with Gasteiger partial charge in [-0.2, -0.15) is 0 Å². The van der Waals surface area contributed by atoms with E-state index in [9.17, 15) is 9.59 Å². The van der Waals surface area contributed by atoms with Crippen LogP contribution in [0.3, 0.4) is 0 Å². The minimum Gasteiger partial charge on any atom is -0.465 e. The molecule has 0 spiro atoms. The molecule has 3 rings (SSSR count). The molecule has 8 heteroatoms. The second-order valence-electron chi connectivity index (χ2n) is 5.89. The quantitative estimate of drug-likeness (QED) is 0.627. The first-order valence-electron chi connectivity index (χ1n) is 8.31. The van der Waals surface area contributed by atoms with E-state index in [-0.39, 0.29) is 5.69 Å². The molecular weight excluding hydrogens is 380 g/mol. The van der Waals surface area contributed by atoms with Crippen molar-refractivity contribution >= 4 is 40.7 Å². The van der Waals surface area contributed by atoms with E-state index in [4.69, 9.17) is 11.6 Å². The summed E-state index contributed by atoms with van der Waals surface area (Å²) < 4.78 is 4.64. The number of ether oxygens (including phenoxy) is 1. The molecule has 2 N–H and O–H groups in total. The van der Waals surface area contributed by atoms with Gasteiger partial charge in [0.15, 0.2) is 0 Å². The van der Waals surface area contributed by atoms with E-state index in [1.165, 1.54) is 19.5 Å². The number of methoxy groups -OCH3 is 1. The number of esters is 1. The number of carbonyl (C=O) groups is 2. The number of aryl methyl sites for hydroxylation is 1. The molecule has 0 aliphatic carbocycles. The lowest BCUT2D eigenvalue weighted by Crippen LogP contribution is -2.14. The third-order valence-electron chi connectivity index (χ3n) is 3.91. The minimum atomic E-state index is -0.443. The van der Waals surface area contributed by atoms with Gasteiger partial charge in [0.1, 0.15) is 11.5 Å². The number of halogens is 1. The lowest BCUT2D eigenvalue weighted by atomic mass is 10.2. The van der Waals surface area contributed by atoms with Gasteiger partial charge < -0.3 is 15.4 Å². The molecule has 28 heavy (non-hydrogen) atoms. The molecule has 2 aromatic carbocycles. The first-order valence-corrected chi connectivity index (χ1v) is 8.69. The topological polar surface area (TPSA) is 93.2 Å². The molecule has 1 amide bonds. The fourth-order valence-electron chi connectivity index (χ4n) is 2.38. The zero-order chi connectivity index (χ0) is 20.1. The molecule has 1 aromatic heterocycles. The standard InChI is InChI=1S/C20H17ClN4O3/c1-12-3-6-14(21)9-16(12)25-18-11-22-17(10-23-18)19(26)24-15-7-4-13(5-8-15)20(27)28-2/h3-11H,1-2H3,(H,23,25)(H,24,26). The zero-order valence-corrected chi connectivity index (χ0v) is 15.9. The Labute approximate surface area is 166 Å². The SMILES string of the molecule is COC(=O)c1ccc(NC(=O)c2cnc(Nc3cc(Cl)ccc3C)cn2)cc1. The third kappa shape index (κ3) is 4.63. The van der Waals surface area contributed by atoms with Crippen LogP contribution >= 0.6 is 11.6 Å². The molecule has 0 atom stereocenters. The summed E-state index contributed by atoms with van der Waals surface area (Å²) in [5, 5.41) is 6.42. The van der Waals surface area contributed by atoms with Gasteiger partial charge in [0.05, 0.1) is 25.1 Å². The van der Waals surface area contributed by atoms with Crippen molar-refractivity contribution in [2.24, 2.45) is 0 Å². The van der Waals surface area contributed by atoms with Gasteiger partial charge in [0.2, 0.25) is 0 Å². The highest BCUT2D eigenvalue weighted by Crippen LogP contribution is 2.23. The van der Waals surface area contributed by atoms with E-state index in [0.717, 1.165) is 11.3 Å². The zero-order valence-electron chi connectivity index (χ0n) is 15.2. The van der Waals surface area contributed by atoms with Gasteiger partial charge in [0, 0.05) is 16.4 Å². The van der Waals surface area contributed by atoms with Crippen molar-refractivity contribution in [3.05, 3.63) is 76.7 Å². The highest BCUT2D eigenvalue weighted by atomic mass is 35.5. The molecular formula is C20H17ClN4O3. The fraction of sp³-hybridized carbons (Fsp3) is 0.100. The average Bonchev–Trinajstić information content (AvgIpc) is 2.71. The molecule has 0 bridgehead atoms. The molecule has 0 fully saturated rings. The largest absolute Gasteiger partial charge is 0.465 e. The number of nitrogens with zero attached hydrogens (tertiary/aromatic N) is 2. The smallest absolute Gasteiger partial charge is 0.337 e. The summed E-state index contributed by atoms with van der Waals surface area (Å²) in [7, 11) is 1.31. The molecule has 0 aliphatic heterocycles. The number of carbonyl (C=O) groups excluding carboxylic acids is 2. The van der Waals surface area contributed by atoms with Gasteiger partial charge in [-0.1, -0.05) is 17.7 Å². The highest BCUT2D eigenvalue weighted by molar-refractivity contribution is 6.30. The van der Waals surface area contributed by atoms with Crippen molar-refractivity contribution in [2.45, 2.75) is 6.92 Å². The van der Waals surface area contributed by atoms with Crippen molar-refractivity contribution in [2.75, 3.05) is 17.7 Å². The van der Waals surface area contributed by atoms with Crippen molar-refractivity contribution in [3.63, 3.8) is 0 Å². The van der Waals surface area contributed by atoms with Gasteiger partial charge in [-0.25, -0.2) is 14.8 Å². The highest BCUT2D eigenvalue weighted by Gasteiger charge is 2.10. The van der Waals surface area contributed by atoms with Crippen LogP contribution in [0.25, 0.3) is 0 Å². The monoisotopic (exact) mass is 396 g/mol. The van der Waals surface area contributed by atoms with Crippen molar-refractivity contribution in [1.82, 2.24) is 9.97 Å². The second-order valence-corrected chi connectivity index (χ2v) is 6.33. The summed E-state index contributed by atoms with van der Waals surface area (Å²) in [4.78, 5) is 32.1. The Morgan fingerprint density at radius 2 is 1.79 bits per heavy atom. The van der Waals surface area contributed by atoms with Crippen LogP contribution in [0, 0.1) is 6.92 Å². The number of rotatable bonds is 5. The molecule has 0 aliphatic rings. The maximum atomic E-state index is 12.3. The van der Waals surface area contributed by atoms with Crippen molar-refractivity contribution < 1.29 is 14.3 Å². The van der Waals surface area contributed by atoms with Crippen LogP contribution in [0.15, 0.2) is 54.9 Å². The van der Waals surface area contributed by atoms with Crippen molar-refractivity contribution in [1.29, 1.82) is 0 Å². The minimum absolute atomic E-state index is 0.158. The Kier molecular flexibility index (Phi) is 5.86. The Hall–Kier alpha value is -3.45. The van der Waals surface area contributed by atoms with Crippen molar-refractivity contribution in [3.8, 4) is 0 Å². The molecule has 0 radical (unpaired) electrons. The predicted molar refractivity (Wildman–Crippen MR) is 107 cm³/mol. The number of hydrogen-bond donors (Lipinski definition) is 2. The number of benzene rings is 2. The maximum Gasteiger partial charge on any atom is 0.337 e. The molecule has 1 heterocycles. The van der Waals surface area contributed by atoms with Crippen LogP contribution in [0.5, 0.6) is 0 Å². The summed E-state index contributed by atoms with van der Waals surface area (Å²) in [6.07, 6.45) is 2.84.